The molecule has 0 aliphatic carbocycles. The number of hydrogen-bond acceptors (Lipinski definition) is 6. The second-order valence-corrected chi connectivity index (χ2v) is 12.6. The molecule has 0 unspecified atom stereocenters. The van der Waals surface area contributed by atoms with Crippen molar-refractivity contribution in [3.05, 3.63) is 93.3 Å². The molecule has 0 spiro atoms. The number of halogens is 3. The molecule has 2 N–H and O–H groups in total. The van der Waals surface area contributed by atoms with E-state index in [1.54, 1.807) is 31.3 Å². The summed E-state index contributed by atoms with van der Waals surface area (Å²) >= 11 is 0. The van der Waals surface area contributed by atoms with Gasteiger partial charge in [0, 0.05) is 36.0 Å². The zero-order chi connectivity index (χ0) is 34.6. The molecule has 0 saturated carbocycles. The van der Waals surface area contributed by atoms with Crippen LogP contribution in [0.5, 0.6) is 0 Å². The van der Waals surface area contributed by atoms with E-state index in [0.717, 1.165) is 33.0 Å². The average molecular weight is 652 g/mol. The van der Waals surface area contributed by atoms with Crippen LogP contribution < -0.4 is 10.9 Å². The third-order valence-corrected chi connectivity index (χ3v) is 8.11. The Morgan fingerprint density at radius 1 is 1.09 bits per heavy atom. The quantitative estimate of drug-likeness (QED) is 0.190. The fourth-order valence-corrected chi connectivity index (χ4v) is 5.93. The lowest BCUT2D eigenvalue weighted by Gasteiger charge is -2.27. The number of carbonyl (C=O) groups is 2. The van der Waals surface area contributed by atoms with Crippen molar-refractivity contribution in [2.24, 2.45) is 5.92 Å². The van der Waals surface area contributed by atoms with Crippen molar-refractivity contribution in [2.45, 2.75) is 65.2 Å². The van der Waals surface area contributed by atoms with Gasteiger partial charge in [-0.25, -0.2) is 9.97 Å². The van der Waals surface area contributed by atoms with Crippen molar-refractivity contribution in [1.29, 1.82) is 0 Å². The fourth-order valence-electron chi connectivity index (χ4n) is 5.93. The van der Waals surface area contributed by atoms with Crippen LogP contribution >= 0.6 is 0 Å². The molecule has 12 heteroatoms. The summed E-state index contributed by atoms with van der Waals surface area (Å²) in [4.78, 5) is 49.9. The summed E-state index contributed by atoms with van der Waals surface area (Å²) in [6, 6.07) is 7.84. The maximum Gasteiger partial charge on any atom is 0.416 e. The number of fused-ring (bicyclic) bond motifs is 1. The van der Waals surface area contributed by atoms with E-state index in [4.69, 9.17) is 0 Å². The number of rotatable bonds is 12. The molecule has 47 heavy (non-hydrogen) atoms. The number of aromatic nitrogens is 3. The highest BCUT2D eigenvalue weighted by atomic mass is 19.4. The number of amides is 1. The third kappa shape index (κ3) is 8.42. The van der Waals surface area contributed by atoms with Crippen molar-refractivity contribution in [3.63, 3.8) is 0 Å². The van der Waals surface area contributed by atoms with Crippen molar-refractivity contribution >= 4 is 22.8 Å². The standard InChI is InChI=1S/C35H40F3N5O4/c1-20(2)12-29(43-18-23(10-11-42(5)6)27(15-30(43)44)35(36,37)38)34(47)41-28(16-31(45)46)26-14-24(13-25-17-39-19-40-33(25)26)32-21(3)8-7-9-22(32)4/h7-9,13-15,17-20,28-29H,10-12,16H2,1-6H3,(H,41,47)(H,45,46)/t28-,29+/m1/s1. The maximum absolute atomic E-state index is 14.1. The molecule has 0 aliphatic heterocycles. The molecule has 0 aliphatic rings. The molecule has 0 saturated heterocycles. The van der Waals surface area contributed by atoms with Crippen molar-refractivity contribution in [2.75, 3.05) is 20.6 Å². The minimum absolute atomic E-state index is 0.00339. The van der Waals surface area contributed by atoms with Crippen LogP contribution in [0.1, 0.15) is 66.6 Å². The number of aryl methyl sites for hydroxylation is 2. The number of carboxylic acids is 1. The highest BCUT2D eigenvalue weighted by Crippen LogP contribution is 2.35. The first-order valence-corrected chi connectivity index (χ1v) is 15.4. The first kappa shape index (κ1) is 35.3. The highest BCUT2D eigenvalue weighted by molar-refractivity contribution is 5.90. The van der Waals surface area contributed by atoms with E-state index in [9.17, 15) is 32.7 Å². The van der Waals surface area contributed by atoms with Gasteiger partial charge < -0.3 is 19.9 Å². The van der Waals surface area contributed by atoms with Crippen LogP contribution in [0.3, 0.4) is 0 Å². The molecule has 4 rings (SSSR count). The predicted octanol–water partition coefficient (Wildman–Crippen LogP) is 6.12. The van der Waals surface area contributed by atoms with Gasteiger partial charge in [-0.1, -0.05) is 32.0 Å². The fraction of sp³-hybridized carbons (Fsp3) is 0.400. The number of aliphatic carboxylic acids is 1. The number of nitrogens with zero attached hydrogens (tertiary/aromatic N) is 4. The zero-order valence-electron chi connectivity index (χ0n) is 27.4. The maximum atomic E-state index is 14.1. The largest absolute Gasteiger partial charge is 0.481 e. The first-order valence-electron chi connectivity index (χ1n) is 15.4. The van der Waals surface area contributed by atoms with Gasteiger partial charge in [0.2, 0.25) is 5.91 Å². The lowest BCUT2D eigenvalue weighted by atomic mass is 9.90. The van der Waals surface area contributed by atoms with E-state index in [1.165, 1.54) is 6.33 Å². The summed E-state index contributed by atoms with van der Waals surface area (Å²) in [5.74, 6) is -2.01. The lowest BCUT2D eigenvalue weighted by molar-refractivity contribution is -0.139. The van der Waals surface area contributed by atoms with Gasteiger partial charge in [-0.15, -0.1) is 0 Å². The van der Waals surface area contributed by atoms with Crippen LogP contribution in [0.15, 0.2) is 59.9 Å². The number of pyridine rings is 1. The van der Waals surface area contributed by atoms with Gasteiger partial charge in [0.25, 0.3) is 5.56 Å². The number of likely N-dealkylation sites (N-methyl/N-ethyl adjacent to an activating group) is 1. The van der Waals surface area contributed by atoms with Crippen LogP contribution in [0.4, 0.5) is 13.2 Å². The molecular weight excluding hydrogens is 611 g/mol. The Labute approximate surface area is 271 Å². The summed E-state index contributed by atoms with van der Waals surface area (Å²) in [6.07, 6.45) is -1.08. The molecule has 2 aromatic heterocycles. The van der Waals surface area contributed by atoms with Crippen LogP contribution in [0.2, 0.25) is 0 Å². The normalized spacial score (nSPS) is 13.3. The molecule has 1 amide bonds. The number of carboxylic acid groups (broad SMARTS) is 1. The summed E-state index contributed by atoms with van der Waals surface area (Å²) in [5, 5.41) is 13.4. The van der Waals surface area contributed by atoms with E-state index in [-0.39, 0.29) is 30.9 Å². The number of nitrogens with one attached hydrogen (secondary N) is 1. The zero-order valence-corrected chi connectivity index (χ0v) is 27.4. The van der Waals surface area contributed by atoms with E-state index in [1.807, 2.05) is 52.0 Å². The van der Waals surface area contributed by atoms with Gasteiger partial charge in [-0.2, -0.15) is 13.2 Å². The van der Waals surface area contributed by atoms with Crippen LogP contribution in [0.25, 0.3) is 22.0 Å². The molecule has 2 heterocycles. The van der Waals surface area contributed by atoms with Crippen LogP contribution in [0, 0.1) is 19.8 Å². The average Bonchev–Trinajstić information content (AvgIpc) is 2.97. The Balaban J connectivity index is 1.85. The minimum Gasteiger partial charge on any atom is -0.481 e. The summed E-state index contributed by atoms with van der Waals surface area (Å²) in [6.45, 7) is 7.88. The minimum atomic E-state index is -4.76. The lowest BCUT2D eigenvalue weighted by Crippen LogP contribution is -2.40. The summed E-state index contributed by atoms with van der Waals surface area (Å²) < 4.78 is 42.9. The van der Waals surface area contributed by atoms with Gasteiger partial charge >= 0.3 is 12.1 Å². The number of hydrogen-bond donors (Lipinski definition) is 2. The van der Waals surface area contributed by atoms with Crippen LogP contribution in [-0.2, 0) is 22.2 Å². The van der Waals surface area contributed by atoms with Gasteiger partial charge in [-0.05, 0) is 86.7 Å². The van der Waals surface area contributed by atoms with Crippen molar-refractivity contribution in [3.8, 4) is 11.1 Å². The van der Waals surface area contributed by atoms with E-state index in [0.29, 0.717) is 22.5 Å². The van der Waals surface area contributed by atoms with Crippen molar-refractivity contribution in [1.82, 2.24) is 24.8 Å². The van der Waals surface area contributed by atoms with Gasteiger partial charge in [0.1, 0.15) is 12.4 Å². The summed E-state index contributed by atoms with van der Waals surface area (Å²) in [5.41, 5.74) is 2.47. The Kier molecular flexibility index (Phi) is 10.9. The second-order valence-electron chi connectivity index (χ2n) is 12.6. The van der Waals surface area contributed by atoms with E-state index >= 15 is 0 Å². The second kappa shape index (κ2) is 14.5. The Morgan fingerprint density at radius 3 is 2.36 bits per heavy atom. The van der Waals surface area contributed by atoms with Crippen LogP contribution in [-0.4, -0.2) is 57.1 Å². The number of benzene rings is 2. The third-order valence-electron chi connectivity index (χ3n) is 8.11. The van der Waals surface area contributed by atoms with Gasteiger partial charge in [0.15, 0.2) is 0 Å². The first-order chi connectivity index (χ1) is 22.1. The molecule has 2 aromatic carbocycles. The number of alkyl halides is 3. The van der Waals surface area contributed by atoms with Crippen molar-refractivity contribution < 1.29 is 27.9 Å². The molecule has 0 radical (unpaired) electrons. The molecule has 4 aromatic rings. The van der Waals surface area contributed by atoms with Gasteiger partial charge in [0.05, 0.1) is 23.5 Å². The van der Waals surface area contributed by atoms with E-state index < -0.39 is 47.7 Å². The SMILES string of the molecule is Cc1cccc(C)c1-c1cc([C@@H](CC(=O)O)NC(=O)[C@H](CC(C)C)n2cc(CCN(C)C)c(C(F)(F)F)cc2=O)c2ncncc2c1. The Bertz CT molecular complexity index is 1810. The molecule has 0 fully saturated rings. The molecule has 2 atom stereocenters. The van der Waals surface area contributed by atoms with Gasteiger partial charge in [-0.3, -0.25) is 14.4 Å². The smallest absolute Gasteiger partial charge is 0.416 e. The Hall–Kier alpha value is -4.58. The Morgan fingerprint density at radius 2 is 1.77 bits per heavy atom. The monoisotopic (exact) mass is 651 g/mol. The molecular formula is C35H40F3N5O4. The topological polar surface area (TPSA) is 117 Å². The summed E-state index contributed by atoms with van der Waals surface area (Å²) in [7, 11) is 3.45. The molecule has 9 nitrogen and oxygen atoms in total. The number of carbonyl (C=O) groups excluding carboxylic acids is 1. The van der Waals surface area contributed by atoms with E-state index in [2.05, 4.69) is 15.3 Å². The molecule has 250 valence electrons. The highest BCUT2D eigenvalue weighted by Gasteiger charge is 2.36. The molecule has 0 bridgehead atoms. The predicted molar refractivity (Wildman–Crippen MR) is 174 cm³/mol.